The lowest BCUT2D eigenvalue weighted by atomic mass is 10.1. The Kier molecular flexibility index (Phi) is 3.81. The number of nitrogens with zero attached hydrogens (tertiary/aromatic N) is 1. The monoisotopic (exact) mass is 265 g/mol. The number of hydrogen-bond acceptors (Lipinski definition) is 2. The number of nitrogen functional groups attached to an aromatic ring is 1. The van der Waals surface area contributed by atoms with Crippen molar-refractivity contribution in [1.82, 2.24) is 0 Å². The zero-order chi connectivity index (χ0) is 13.3. The fourth-order valence-corrected chi connectivity index (χ4v) is 2.42. The van der Waals surface area contributed by atoms with Crippen LogP contribution >= 0.6 is 11.6 Å². The molecule has 0 unspecified atom stereocenters. The molecule has 98 valence electrons. The standard InChI is InChI=1S/C14H20ClN3/c1-9(2)8-18(10-3-4-10)11-5-6-12(14(16)17)13(15)7-11/h5-7,9-10H,3-4,8H2,1-2H3,(H3,16,17). The van der Waals surface area contributed by atoms with Crippen molar-refractivity contribution in [3.05, 3.63) is 28.8 Å². The van der Waals surface area contributed by atoms with Crippen molar-refractivity contribution in [1.29, 1.82) is 5.41 Å². The summed E-state index contributed by atoms with van der Waals surface area (Å²) in [6, 6.07) is 6.45. The van der Waals surface area contributed by atoms with Gasteiger partial charge >= 0.3 is 0 Å². The summed E-state index contributed by atoms with van der Waals surface area (Å²) in [6.45, 7) is 5.49. The van der Waals surface area contributed by atoms with Crippen LogP contribution in [0.1, 0.15) is 32.3 Å². The molecule has 0 heterocycles. The van der Waals surface area contributed by atoms with E-state index in [-0.39, 0.29) is 5.84 Å². The molecule has 0 aromatic heterocycles. The second-order valence-corrected chi connectivity index (χ2v) is 5.76. The van der Waals surface area contributed by atoms with Crippen LogP contribution in [0.4, 0.5) is 5.69 Å². The van der Waals surface area contributed by atoms with Crippen molar-refractivity contribution in [3.8, 4) is 0 Å². The fourth-order valence-electron chi connectivity index (χ4n) is 2.15. The quantitative estimate of drug-likeness (QED) is 0.634. The first kappa shape index (κ1) is 13.2. The molecule has 0 aliphatic heterocycles. The maximum atomic E-state index is 7.44. The van der Waals surface area contributed by atoms with E-state index in [2.05, 4.69) is 18.7 Å². The normalized spacial score (nSPS) is 14.9. The van der Waals surface area contributed by atoms with Gasteiger partial charge in [0.1, 0.15) is 5.84 Å². The first-order valence-electron chi connectivity index (χ1n) is 6.39. The summed E-state index contributed by atoms with van der Waals surface area (Å²) in [5, 5.41) is 8.01. The van der Waals surface area contributed by atoms with E-state index in [0.717, 1.165) is 12.2 Å². The van der Waals surface area contributed by atoms with Gasteiger partial charge < -0.3 is 10.6 Å². The molecule has 0 atom stereocenters. The predicted molar refractivity (Wildman–Crippen MR) is 77.7 cm³/mol. The topological polar surface area (TPSA) is 53.1 Å². The molecule has 1 fully saturated rings. The number of nitrogens with one attached hydrogen (secondary N) is 1. The smallest absolute Gasteiger partial charge is 0.124 e. The summed E-state index contributed by atoms with van der Waals surface area (Å²) in [5.74, 6) is 0.644. The number of benzene rings is 1. The number of amidine groups is 1. The lowest BCUT2D eigenvalue weighted by Crippen LogP contribution is -2.29. The number of anilines is 1. The van der Waals surface area contributed by atoms with Gasteiger partial charge in [0.2, 0.25) is 0 Å². The van der Waals surface area contributed by atoms with Gasteiger partial charge in [0, 0.05) is 23.8 Å². The van der Waals surface area contributed by atoms with Crippen molar-refractivity contribution in [2.45, 2.75) is 32.7 Å². The Morgan fingerprint density at radius 3 is 2.61 bits per heavy atom. The van der Waals surface area contributed by atoms with Gasteiger partial charge in [-0.3, -0.25) is 5.41 Å². The zero-order valence-electron chi connectivity index (χ0n) is 10.9. The highest BCUT2D eigenvalue weighted by Crippen LogP contribution is 2.34. The highest BCUT2D eigenvalue weighted by atomic mass is 35.5. The molecule has 0 radical (unpaired) electrons. The molecule has 0 spiro atoms. The van der Waals surface area contributed by atoms with Crippen molar-refractivity contribution in [2.24, 2.45) is 11.7 Å². The SMILES string of the molecule is CC(C)CN(c1ccc(C(=N)N)c(Cl)c1)C1CC1. The largest absolute Gasteiger partial charge is 0.384 e. The molecule has 4 heteroatoms. The molecule has 1 aromatic rings. The summed E-state index contributed by atoms with van der Waals surface area (Å²) >= 11 is 6.18. The van der Waals surface area contributed by atoms with Crippen LogP contribution in [-0.2, 0) is 0 Å². The van der Waals surface area contributed by atoms with Gasteiger partial charge in [0.15, 0.2) is 0 Å². The van der Waals surface area contributed by atoms with E-state index in [1.807, 2.05) is 18.2 Å². The van der Waals surface area contributed by atoms with Crippen LogP contribution in [0.3, 0.4) is 0 Å². The van der Waals surface area contributed by atoms with Crippen LogP contribution in [0.2, 0.25) is 5.02 Å². The fraction of sp³-hybridized carbons (Fsp3) is 0.500. The van der Waals surface area contributed by atoms with Gasteiger partial charge in [-0.1, -0.05) is 25.4 Å². The Balaban J connectivity index is 2.25. The molecule has 0 saturated heterocycles. The Bertz CT molecular complexity index is 452. The lowest BCUT2D eigenvalue weighted by Gasteiger charge is -2.27. The van der Waals surface area contributed by atoms with Crippen molar-refractivity contribution >= 4 is 23.1 Å². The maximum Gasteiger partial charge on any atom is 0.124 e. The molecule has 1 aliphatic rings. The Labute approximate surface area is 113 Å². The van der Waals surface area contributed by atoms with E-state index in [0.29, 0.717) is 22.5 Å². The van der Waals surface area contributed by atoms with Gasteiger partial charge in [-0.15, -0.1) is 0 Å². The average molecular weight is 266 g/mol. The summed E-state index contributed by atoms with van der Waals surface area (Å²) in [4.78, 5) is 2.42. The van der Waals surface area contributed by atoms with Crippen LogP contribution in [0, 0.1) is 11.3 Å². The van der Waals surface area contributed by atoms with Gasteiger partial charge in [-0.2, -0.15) is 0 Å². The first-order chi connectivity index (χ1) is 8.49. The van der Waals surface area contributed by atoms with E-state index in [4.69, 9.17) is 22.7 Å². The Morgan fingerprint density at radius 1 is 1.50 bits per heavy atom. The van der Waals surface area contributed by atoms with E-state index >= 15 is 0 Å². The van der Waals surface area contributed by atoms with Crippen LogP contribution < -0.4 is 10.6 Å². The third-order valence-corrected chi connectivity index (χ3v) is 3.44. The van der Waals surface area contributed by atoms with E-state index < -0.39 is 0 Å². The van der Waals surface area contributed by atoms with Crippen molar-refractivity contribution in [3.63, 3.8) is 0 Å². The predicted octanol–water partition coefficient (Wildman–Crippen LogP) is 3.25. The summed E-state index contributed by atoms with van der Waals surface area (Å²) in [5.41, 5.74) is 7.23. The van der Waals surface area contributed by atoms with E-state index in [1.54, 1.807) is 0 Å². The second-order valence-electron chi connectivity index (χ2n) is 5.36. The summed E-state index contributed by atoms with van der Waals surface area (Å²) < 4.78 is 0. The molecular weight excluding hydrogens is 246 g/mol. The molecule has 3 nitrogen and oxygen atoms in total. The minimum atomic E-state index is 0.0216. The average Bonchev–Trinajstić information content (AvgIpc) is 3.08. The molecule has 1 saturated carbocycles. The van der Waals surface area contributed by atoms with E-state index in [9.17, 15) is 0 Å². The number of hydrogen-bond donors (Lipinski definition) is 2. The molecule has 2 rings (SSSR count). The van der Waals surface area contributed by atoms with Crippen LogP contribution in [0.5, 0.6) is 0 Å². The van der Waals surface area contributed by atoms with Gasteiger partial charge in [0.05, 0.1) is 5.02 Å². The highest BCUT2D eigenvalue weighted by molar-refractivity contribution is 6.34. The summed E-state index contributed by atoms with van der Waals surface area (Å²) in [6.07, 6.45) is 2.53. The maximum absolute atomic E-state index is 7.44. The van der Waals surface area contributed by atoms with Gasteiger partial charge in [0.25, 0.3) is 0 Å². The molecule has 0 amide bonds. The zero-order valence-corrected chi connectivity index (χ0v) is 11.7. The minimum Gasteiger partial charge on any atom is -0.384 e. The van der Waals surface area contributed by atoms with E-state index in [1.165, 1.54) is 12.8 Å². The van der Waals surface area contributed by atoms with Crippen LogP contribution in [0.15, 0.2) is 18.2 Å². The molecule has 1 aromatic carbocycles. The molecular formula is C14H20ClN3. The highest BCUT2D eigenvalue weighted by Gasteiger charge is 2.29. The number of halogens is 1. The third kappa shape index (κ3) is 2.96. The minimum absolute atomic E-state index is 0.0216. The second kappa shape index (κ2) is 5.19. The summed E-state index contributed by atoms with van der Waals surface area (Å²) in [7, 11) is 0. The third-order valence-electron chi connectivity index (χ3n) is 3.12. The lowest BCUT2D eigenvalue weighted by molar-refractivity contribution is 0.607. The van der Waals surface area contributed by atoms with Crippen LogP contribution in [-0.4, -0.2) is 18.4 Å². The van der Waals surface area contributed by atoms with Crippen molar-refractivity contribution < 1.29 is 0 Å². The molecule has 0 bridgehead atoms. The Hall–Kier alpha value is -1.22. The van der Waals surface area contributed by atoms with Gasteiger partial charge in [-0.25, -0.2) is 0 Å². The first-order valence-corrected chi connectivity index (χ1v) is 6.77. The van der Waals surface area contributed by atoms with Crippen molar-refractivity contribution in [2.75, 3.05) is 11.4 Å². The Morgan fingerprint density at radius 2 is 2.17 bits per heavy atom. The molecule has 1 aliphatic carbocycles. The molecule has 18 heavy (non-hydrogen) atoms. The van der Waals surface area contributed by atoms with Crippen LogP contribution in [0.25, 0.3) is 0 Å². The van der Waals surface area contributed by atoms with Gasteiger partial charge in [-0.05, 0) is 37.0 Å². The number of nitrogens with two attached hydrogens (primary N) is 1. The number of rotatable bonds is 5. The molecule has 3 N–H and O–H groups in total.